The highest BCUT2D eigenvalue weighted by molar-refractivity contribution is 5.63. The molecule has 1 N–H and O–H groups in total. The van der Waals surface area contributed by atoms with Crippen molar-refractivity contribution in [3.05, 3.63) is 60.2 Å². The summed E-state index contributed by atoms with van der Waals surface area (Å²) in [4.78, 5) is 5.10. The molecular formula is C15H17NO. The molecule has 2 heteroatoms. The van der Waals surface area contributed by atoms with Crippen LogP contribution in [0.3, 0.4) is 0 Å². The molecule has 0 atom stereocenters. The van der Waals surface area contributed by atoms with Gasteiger partial charge < -0.3 is 4.84 Å². The van der Waals surface area contributed by atoms with Crippen molar-refractivity contribution in [2.75, 3.05) is 6.61 Å². The Morgan fingerprint density at radius 2 is 1.53 bits per heavy atom. The first kappa shape index (κ1) is 11.8. The number of hydrogen-bond acceptors (Lipinski definition) is 2. The Bertz CT molecular complexity index is 436. The lowest BCUT2D eigenvalue weighted by molar-refractivity contribution is 0.0463. The normalized spacial score (nSPS) is 10.4. The van der Waals surface area contributed by atoms with Crippen molar-refractivity contribution in [2.45, 2.75) is 13.5 Å². The lowest BCUT2D eigenvalue weighted by Gasteiger charge is -2.05. The molecule has 0 aliphatic rings. The van der Waals surface area contributed by atoms with Crippen LogP contribution in [0.4, 0.5) is 0 Å². The maximum Gasteiger partial charge on any atom is 0.0654 e. The third kappa shape index (κ3) is 3.41. The fourth-order valence-corrected chi connectivity index (χ4v) is 1.68. The molecule has 2 rings (SSSR count). The van der Waals surface area contributed by atoms with E-state index in [9.17, 15) is 0 Å². The first-order valence-electron chi connectivity index (χ1n) is 5.89. The zero-order valence-electron chi connectivity index (χ0n) is 10.0. The quantitative estimate of drug-likeness (QED) is 0.624. The summed E-state index contributed by atoms with van der Waals surface area (Å²) < 4.78 is 0. The van der Waals surface area contributed by atoms with Crippen molar-refractivity contribution in [3.63, 3.8) is 0 Å². The van der Waals surface area contributed by atoms with Crippen LogP contribution in [0.15, 0.2) is 54.6 Å². The van der Waals surface area contributed by atoms with Crippen LogP contribution in [0.25, 0.3) is 11.1 Å². The Morgan fingerprint density at radius 1 is 0.882 bits per heavy atom. The number of rotatable bonds is 5. The average Bonchev–Trinajstić information content (AvgIpc) is 2.41. The van der Waals surface area contributed by atoms with Gasteiger partial charge in [0.05, 0.1) is 6.61 Å². The summed E-state index contributed by atoms with van der Waals surface area (Å²) in [5.74, 6) is 0. The lowest BCUT2D eigenvalue weighted by Crippen LogP contribution is -2.13. The van der Waals surface area contributed by atoms with E-state index in [0.29, 0.717) is 6.61 Å². The molecule has 2 aromatic rings. The van der Waals surface area contributed by atoms with Gasteiger partial charge in [0.25, 0.3) is 0 Å². The second-order valence-electron chi connectivity index (χ2n) is 3.82. The van der Waals surface area contributed by atoms with Gasteiger partial charge in [-0.05, 0) is 23.6 Å². The van der Waals surface area contributed by atoms with E-state index in [1.54, 1.807) is 0 Å². The summed E-state index contributed by atoms with van der Waals surface area (Å²) in [7, 11) is 0. The summed E-state index contributed by atoms with van der Waals surface area (Å²) >= 11 is 0. The zero-order chi connectivity index (χ0) is 11.9. The summed E-state index contributed by atoms with van der Waals surface area (Å²) in [5, 5.41) is 0. The van der Waals surface area contributed by atoms with Gasteiger partial charge in [0, 0.05) is 6.54 Å². The predicted octanol–water partition coefficient (Wildman–Crippen LogP) is 3.39. The van der Waals surface area contributed by atoms with Gasteiger partial charge in [0.1, 0.15) is 0 Å². The highest BCUT2D eigenvalue weighted by Gasteiger charge is 1.97. The minimum absolute atomic E-state index is 0.683. The van der Waals surface area contributed by atoms with Crippen LogP contribution in [-0.4, -0.2) is 6.61 Å². The van der Waals surface area contributed by atoms with Crippen LogP contribution in [0.1, 0.15) is 12.5 Å². The Kier molecular flexibility index (Phi) is 4.30. The average molecular weight is 227 g/mol. The number of hydroxylamine groups is 1. The van der Waals surface area contributed by atoms with Crippen LogP contribution < -0.4 is 5.48 Å². The van der Waals surface area contributed by atoms with E-state index >= 15 is 0 Å². The molecule has 17 heavy (non-hydrogen) atoms. The Labute approximate surface area is 102 Å². The summed E-state index contributed by atoms with van der Waals surface area (Å²) in [6, 6.07) is 18.9. The van der Waals surface area contributed by atoms with E-state index in [1.165, 1.54) is 16.7 Å². The van der Waals surface area contributed by atoms with Crippen molar-refractivity contribution in [3.8, 4) is 11.1 Å². The Balaban J connectivity index is 2.03. The standard InChI is InChI=1S/C15H17NO/c1-2-17-16-12-13-8-10-15(11-9-13)14-6-4-3-5-7-14/h3-11,16H,2,12H2,1H3. The smallest absolute Gasteiger partial charge is 0.0654 e. The van der Waals surface area contributed by atoms with Crippen LogP contribution in [-0.2, 0) is 11.4 Å². The fourth-order valence-electron chi connectivity index (χ4n) is 1.68. The van der Waals surface area contributed by atoms with E-state index in [2.05, 4.69) is 54.0 Å². The van der Waals surface area contributed by atoms with Gasteiger partial charge in [-0.2, -0.15) is 5.48 Å². The first-order chi connectivity index (χ1) is 8.40. The molecule has 0 amide bonds. The van der Waals surface area contributed by atoms with Crippen molar-refractivity contribution in [2.24, 2.45) is 0 Å². The number of benzene rings is 2. The molecule has 0 aliphatic heterocycles. The second-order valence-corrected chi connectivity index (χ2v) is 3.82. The zero-order valence-corrected chi connectivity index (χ0v) is 10.0. The monoisotopic (exact) mass is 227 g/mol. The second kappa shape index (κ2) is 6.18. The molecule has 0 unspecified atom stereocenters. The minimum atomic E-state index is 0.683. The van der Waals surface area contributed by atoms with Crippen LogP contribution in [0.5, 0.6) is 0 Å². The van der Waals surface area contributed by atoms with Crippen LogP contribution in [0.2, 0.25) is 0 Å². The van der Waals surface area contributed by atoms with Gasteiger partial charge in [-0.3, -0.25) is 0 Å². The predicted molar refractivity (Wildman–Crippen MR) is 70.3 cm³/mol. The SMILES string of the molecule is CCONCc1ccc(-c2ccccc2)cc1. The Hall–Kier alpha value is -1.64. The van der Waals surface area contributed by atoms with Gasteiger partial charge in [-0.1, -0.05) is 54.6 Å². The molecule has 0 saturated carbocycles. The van der Waals surface area contributed by atoms with E-state index < -0.39 is 0 Å². The van der Waals surface area contributed by atoms with Crippen LogP contribution in [0, 0.1) is 0 Å². The third-order valence-corrected chi connectivity index (χ3v) is 2.58. The molecule has 0 heterocycles. The van der Waals surface area contributed by atoms with Gasteiger partial charge >= 0.3 is 0 Å². The molecule has 0 aromatic heterocycles. The van der Waals surface area contributed by atoms with Crippen molar-refractivity contribution in [1.82, 2.24) is 5.48 Å². The van der Waals surface area contributed by atoms with Gasteiger partial charge in [-0.15, -0.1) is 0 Å². The van der Waals surface area contributed by atoms with Gasteiger partial charge in [0.15, 0.2) is 0 Å². The Morgan fingerprint density at radius 3 is 2.18 bits per heavy atom. The van der Waals surface area contributed by atoms with Crippen molar-refractivity contribution < 1.29 is 4.84 Å². The molecule has 2 nitrogen and oxygen atoms in total. The highest BCUT2D eigenvalue weighted by atomic mass is 16.6. The summed E-state index contributed by atoms with van der Waals surface area (Å²) in [6.07, 6.45) is 0. The van der Waals surface area contributed by atoms with E-state index in [-0.39, 0.29) is 0 Å². The van der Waals surface area contributed by atoms with E-state index in [1.807, 2.05) is 13.0 Å². The molecule has 0 aliphatic carbocycles. The molecule has 0 spiro atoms. The third-order valence-electron chi connectivity index (χ3n) is 2.58. The molecular weight excluding hydrogens is 210 g/mol. The van der Waals surface area contributed by atoms with E-state index in [0.717, 1.165) is 6.54 Å². The maximum atomic E-state index is 5.10. The minimum Gasteiger partial charge on any atom is -0.302 e. The van der Waals surface area contributed by atoms with Gasteiger partial charge in [0.2, 0.25) is 0 Å². The number of hydrogen-bond donors (Lipinski definition) is 1. The molecule has 0 radical (unpaired) electrons. The topological polar surface area (TPSA) is 21.3 Å². The van der Waals surface area contributed by atoms with Crippen molar-refractivity contribution >= 4 is 0 Å². The number of nitrogens with one attached hydrogen (secondary N) is 1. The molecule has 0 fully saturated rings. The van der Waals surface area contributed by atoms with Crippen LogP contribution >= 0.6 is 0 Å². The van der Waals surface area contributed by atoms with E-state index in [4.69, 9.17) is 4.84 Å². The molecule has 0 saturated heterocycles. The largest absolute Gasteiger partial charge is 0.302 e. The summed E-state index contributed by atoms with van der Waals surface area (Å²) in [6.45, 7) is 3.39. The molecule has 0 bridgehead atoms. The highest BCUT2D eigenvalue weighted by Crippen LogP contribution is 2.18. The molecule has 88 valence electrons. The molecule has 2 aromatic carbocycles. The van der Waals surface area contributed by atoms with Crippen molar-refractivity contribution in [1.29, 1.82) is 0 Å². The lowest BCUT2D eigenvalue weighted by atomic mass is 10.0. The maximum absolute atomic E-state index is 5.10. The van der Waals surface area contributed by atoms with Gasteiger partial charge in [-0.25, -0.2) is 0 Å². The summed E-state index contributed by atoms with van der Waals surface area (Å²) in [5.41, 5.74) is 6.62. The first-order valence-corrected chi connectivity index (χ1v) is 5.89. The fraction of sp³-hybridized carbons (Fsp3) is 0.200.